The minimum atomic E-state index is -0.803. The molecule has 1 amide bonds. The summed E-state index contributed by atoms with van der Waals surface area (Å²) in [6, 6.07) is 10.9. The molecule has 5 heteroatoms. The number of hydrogen-bond acceptors (Lipinski definition) is 2. The summed E-state index contributed by atoms with van der Waals surface area (Å²) in [5.41, 5.74) is 3.13. The van der Waals surface area contributed by atoms with Crippen molar-refractivity contribution in [3.05, 3.63) is 76.5 Å². The Hall–Kier alpha value is -2.82. The van der Waals surface area contributed by atoms with Gasteiger partial charge >= 0.3 is 0 Å². The van der Waals surface area contributed by atoms with Crippen LogP contribution in [0, 0.1) is 18.6 Å². The van der Waals surface area contributed by atoms with Crippen LogP contribution in [0.2, 0.25) is 0 Å². The maximum Gasteiger partial charge on any atom is 0.232 e. The number of carbonyl (C=O) groups excluding carboxylic acids is 2. The molecule has 1 heterocycles. The van der Waals surface area contributed by atoms with E-state index in [0.29, 0.717) is 30.5 Å². The van der Waals surface area contributed by atoms with Gasteiger partial charge in [0, 0.05) is 36.1 Å². The molecular weight excluding hydrogens is 348 g/mol. The highest BCUT2D eigenvalue weighted by Crippen LogP contribution is 2.44. The SMILES string of the molecule is Cc1ccccc1[C@@H]1CC(=O)N(c2ccc(F)cc2F)C2=C1C(=O)CCC2. The van der Waals surface area contributed by atoms with Crippen molar-refractivity contribution < 1.29 is 18.4 Å². The van der Waals surface area contributed by atoms with Crippen molar-refractivity contribution in [3.8, 4) is 0 Å². The van der Waals surface area contributed by atoms with Crippen LogP contribution in [0.15, 0.2) is 53.7 Å². The van der Waals surface area contributed by atoms with Crippen molar-refractivity contribution in [2.45, 2.75) is 38.5 Å². The maximum atomic E-state index is 14.4. The Morgan fingerprint density at radius 3 is 2.56 bits per heavy atom. The van der Waals surface area contributed by atoms with Gasteiger partial charge in [-0.2, -0.15) is 0 Å². The quantitative estimate of drug-likeness (QED) is 0.765. The lowest BCUT2D eigenvalue weighted by molar-refractivity contribution is -0.120. The molecule has 0 N–H and O–H groups in total. The summed E-state index contributed by atoms with van der Waals surface area (Å²) in [5, 5.41) is 0. The summed E-state index contributed by atoms with van der Waals surface area (Å²) >= 11 is 0. The zero-order valence-corrected chi connectivity index (χ0v) is 15.0. The van der Waals surface area contributed by atoms with Gasteiger partial charge in [-0.25, -0.2) is 8.78 Å². The molecule has 0 fully saturated rings. The molecule has 138 valence electrons. The van der Waals surface area contributed by atoms with Crippen molar-refractivity contribution in [1.82, 2.24) is 0 Å². The van der Waals surface area contributed by atoms with E-state index in [1.165, 1.54) is 11.0 Å². The molecule has 2 aromatic rings. The molecule has 1 aliphatic heterocycles. The third kappa shape index (κ3) is 2.97. The molecule has 2 aliphatic rings. The van der Waals surface area contributed by atoms with Crippen molar-refractivity contribution in [2.75, 3.05) is 4.90 Å². The molecule has 0 saturated heterocycles. The predicted octanol–water partition coefficient (Wildman–Crippen LogP) is 4.80. The third-order valence-electron chi connectivity index (χ3n) is 5.39. The molecule has 0 bridgehead atoms. The molecule has 4 rings (SSSR count). The Bertz CT molecular complexity index is 980. The summed E-state index contributed by atoms with van der Waals surface area (Å²) in [5.74, 6) is -2.09. The first-order chi connectivity index (χ1) is 13.0. The molecule has 1 aliphatic carbocycles. The van der Waals surface area contributed by atoms with Crippen molar-refractivity contribution in [2.24, 2.45) is 0 Å². The number of nitrogens with zero attached hydrogens (tertiary/aromatic N) is 1. The first kappa shape index (κ1) is 17.6. The number of halogens is 2. The van der Waals surface area contributed by atoms with Crippen LogP contribution in [0.25, 0.3) is 0 Å². The number of hydrogen-bond donors (Lipinski definition) is 0. The van der Waals surface area contributed by atoms with Crippen LogP contribution in [-0.4, -0.2) is 11.7 Å². The minimum absolute atomic E-state index is 0.00419. The topological polar surface area (TPSA) is 37.4 Å². The van der Waals surface area contributed by atoms with Crippen LogP contribution < -0.4 is 4.90 Å². The van der Waals surface area contributed by atoms with E-state index in [1.807, 2.05) is 31.2 Å². The van der Waals surface area contributed by atoms with Crippen LogP contribution in [-0.2, 0) is 9.59 Å². The average Bonchev–Trinajstić information content (AvgIpc) is 2.63. The second-order valence-corrected chi connectivity index (χ2v) is 7.08. The fraction of sp³-hybridized carbons (Fsp3) is 0.273. The van der Waals surface area contributed by atoms with E-state index >= 15 is 0 Å². The standard InChI is InChI=1S/C22H19F2NO2/c1-13-5-2-3-6-15(13)16-12-21(27)25(18-10-9-14(23)11-17(18)24)19-7-4-8-20(26)22(16)19/h2-3,5-6,9-11,16H,4,7-8,12H2,1H3/t16-/m0/s1. The van der Waals surface area contributed by atoms with Crippen LogP contribution in [0.3, 0.4) is 0 Å². The van der Waals surface area contributed by atoms with Crippen LogP contribution >= 0.6 is 0 Å². The van der Waals surface area contributed by atoms with Gasteiger partial charge in [-0.05, 0) is 43.0 Å². The summed E-state index contributed by atoms with van der Waals surface area (Å²) < 4.78 is 27.7. The van der Waals surface area contributed by atoms with E-state index in [4.69, 9.17) is 0 Å². The molecule has 0 radical (unpaired) electrons. The Balaban J connectivity index is 1.90. The Morgan fingerprint density at radius 2 is 1.81 bits per heavy atom. The van der Waals surface area contributed by atoms with Crippen molar-refractivity contribution >= 4 is 17.4 Å². The predicted molar refractivity (Wildman–Crippen MR) is 98.3 cm³/mol. The molecule has 0 spiro atoms. The highest BCUT2D eigenvalue weighted by atomic mass is 19.1. The van der Waals surface area contributed by atoms with Gasteiger partial charge in [0.15, 0.2) is 5.78 Å². The van der Waals surface area contributed by atoms with Crippen molar-refractivity contribution in [1.29, 1.82) is 0 Å². The molecule has 0 unspecified atom stereocenters. The maximum absolute atomic E-state index is 14.4. The molecule has 0 aromatic heterocycles. The van der Waals surface area contributed by atoms with E-state index in [0.717, 1.165) is 23.3 Å². The molecule has 0 saturated carbocycles. The van der Waals surface area contributed by atoms with Gasteiger partial charge < -0.3 is 0 Å². The smallest absolute Gasteiger partial charge is 0.232 e. The summed E-state index contributed by atoms with van der Waals surface area (Å²) in [4.78, 5) is 27.1. The second kappa shape index (κ2) is 6.72. The molecular formula is C22H19F2NO2. The second-order valence-electron chi connectivity index (χ2n) is 7.08. The monoisotopic (exact) mass is 367 g/mol. The number of aryl methyl sites for hydroxylation is 1. The van der Waals surface area contributed by atoms with Crippen LogP contribution in [0.1, 0.15) is 42.7 Å². The fourth-order valence-electron chi connectivity index (χ4n) is 4.18. The fourth-order valence-corrected chi connectivity index (χ4v) is 4.18. The van der Waals surface area contributed by atoms with Gasteiger partial charge in [0.1, 0.15) is 11.6 Å². The number of rotatable bonds is 2. The van der Waals surface area contributed by atoms with E-state index in [9.17, 15) is 18.4 Å². The Morgan fingerprint density at radius 1 is 1.04 bits per heavy atom. The van der Waals surface area contributed by atoms with E-state index in [2.05, 4.69) is 0 Å². The molecule has 27 heavy (non-hydrogen) atoms. The summed E-state index contributed by atoms with van der Waals surface area (Å²) in [7, 11) is 0. The van der Waals surface area contributed by atoms with Gasteiger partial charge in [-0.3, -0.25) is 14.5 Å². The lowest BCUT2D eigenvalue weighted by Gasteiger charge is -2.38. The average molecular weight is 367 g/mol. The number of carbonyl (C=O) groups is 2. The van der Waals surface area contributed by atoms with Gasteiger partial charge in [-0.1, -0.05) is 24.3 Å². The lowest BCUT2D eigenvalue weighted by Crippen LogP contribution is -2.41. The van der Waals surface area contributed by atoms with Gasteiger partial charge in [0.25, 0.3) is 0 Å². The van der Waals surface area contributed by atoms with Gasteiger partial charge in [-0.15, -0.1) is 0 Å². The van der Waals surface area contributed by atoms with Crippen LogP contribution in [0.5, 0.6) is 0 Å². The minimum Gasteiger partial charge on any atom is -0.294 e. The number of allylic oxidation sites excluding steroid dienone is 2. The third-order valence-corrected chi connectivity index (χ3v) is 5.39. The molecule has 1 atom stereocenters. The Kier molecular flexibility index (Phi) is 4.38. The van der Waals surface area contributed by atoms with E-state index < -0.39 is 11.6 Å². The molecule has 2 aromatic carbocycles. The van der Waals surface area contributed by atoms with Gasteiger partial charge in [0.05, 0.1) is 5.69 Å². The van der Waals surface area contributed by atoms with Crippen LogP contribution in [0.4, 0.5) is 14.5 Å². The highest BCUT2D eigenvalue weighted by molar-refractivity contribution is 6.07. The zero-order chi connectivity index (χ0) is 19.1. The largest absolute Gasteiger partial charge is 0.294 e. The number of Topliss-reactive ketones (excluding diaryl/α,β-unsaturated/α-hetero) is 1. The first-order valence-corrected chi connectivity index (χ1v) is 9.07. The lowest BCUT2D eigenvalue weighted by atomic mass is 9.76. The summed E-state index contributed by atoms with van der Waals surface area (Å²) in [6.45, 7) is 1.96. The first-order valence-electron chi connectivity index (χ1n) is 9.07. The van der Waals surface area contributed by atoms with Crippen molar-refractivity contribution in [3.63, 3.8) is 0 Å². The number of benzene rings is 2. The number of ketones is 1. The van der Waals surface area contributed by atoms with E-state index in [1.54, 1.807) is 0 Å². The number of amides is 1. The van der Waals surface area contributed by atoms with E-state index in [-0.39, 0.29) is 29.7 Å². The number of anilines is 1. The van der Waals surface area contributed by atoms with Gasteiger partial charge in [0.2, 0.25) is 5.91 Å². The molecule has 3 nitrogen and oxygen atoms in total. The Labute approximate surface area is 156 Å². The normalized spacial score (nSPS) is 20.1. The summed E-state index contributed by atoms with van der Waals surface area (Å²) in [6.07, 6.45) is 1.65. The zero-order valence-electron chi connectivity index (χ0n) is 15.0. The highest BCUT2D eigenvalue weighted by Gasteiger charge is 2.40.